The van der Waals surface area contributed by atoms with Crippen molar-refractivity contribution >= 4 is 5.91 Å². The maximum Gasteiger partial charge on any atom is 0.416 e. The summed E-state index contributed by atoms with van der Waals surface area (Å²) in [6.45, 7) is -1.17. The first-order chi connectivity index (χ1) is 17.8. The third-order valence-corrected chi connectivity index (χ3v) is 6.54. The van der Waals surface area contributed by atoms with Gasteiger partial charge in [-0.3, -0.25) is 4.79 Å². The van der Waals surface area contributed by atoms with Crippen LogP contribution >= 0.6 is 0 Å². The van der Waals surface area contributed by atoms with Gasteiger partial charge in [0, 0.05) is 6.54 Å². The van der Waals surface area contributed by atoms with Gasteiger partial charge < -0.3 is 20.5 Å². The van der Waals surface area contributed by atoms with Crippen molar-refractivity contribution in [3.63, 3.8) is 0 Å². The van der Waals surface area contributed by atoms with Crippen molar-refractivity contribution in [2.45, 2.75) is 55.5 Å². The predicted molar refractivity (Wildman–Crippen MR) is 120 cm³/mol. The zero-order chi connectivity index (χ0) is 29.3. The lowest BCUT2D eigenvalue weighted by Gasteiger charge is -2.45. The fourth-order valence-electron chi connectivity index (χ4n) is 4.24. The Hall–Kier alpha value is -2.84. The molecule has 0 spiro atoms. The molecule has 3 N–H and O–H groups in total. The molecule has 0 aliphatic carbocycles. The van der Waals surface area contributed by atoms with Gasteiger partial charge in [-0.05, 0) is 49.1 Å². The molecule has 1 heterocycles. The third kappa shape index (κ3) is 7.63. The van der Waals surface area contributed by atoms with E-state index in [1.54, 1.807) is 35.6 Å². The van der Waals surface area contributed by atoms with Crippen molar-refractivity contribution < 1.29 is 54.2 Å². The molecule has 5 nitrogen and oxygen atoms in total. The second-order valence-electron chi connectivity index (χ2n) is 9.42. The Morgan fingerprint density at radius 1 is 0.974 bits per heavy atom. The third-order valence-electron chi connectivity index (χ3n) is 6.54. The minimum absolute atomic E-state index is 0.00897. The van der Waals surface area contributed by atoms with Crippen LogP contribution in [-0.4, -0.2) is 42.5 Å². The predicted octanol–water partition coefficient (Wildman–Crippen LogP) is 5.49. The van der Waals surface area contributed by atoms with Crippen LogP contribution in [0.5, 0.6) is 0 Å². The number of carbonyl (C=O) groups is 1. The number of amides is 1. The van der Waals surface area contributed by atoms with Crippen molar-refractivity contribution in [2.75, 3.05) is 19.7 Å². The smallest absolute Gasteiger partial charge is 0.379 e. The van der Waals surface area contributed by atoms with Gasteiger partial charge in [0.05, 0.1) is 29.4 Å². The number of nitrogens with one attached hydrogen (secondary N) is 2. The molecule has 1 unspecified atom stereocenters. The molecule has 0 aromatic heterocycles. The average Bonchev–Trinajstić information content (AvgIpc) is 2.85. The maximum atomic E-state index is 13.3. The molecule has 216 valence electrons. The summed E-state index contributed by atoms with van der Waals surface area (Å²) in [6, 6.07) is 9.44. The highest BCUT2D eigenvalue weighted by molar-refractivity contribution is 5.85. The molecule has 1 saturated heterocycles. The van der Waals surface area contributed by atoms with E-state index in [9.17, 15) is 49.4 Å². The van der Waals surface area contributed by atoms with Gasteiger partial charge in [0.2, 0.25) is 0 Å². The minimum atomic E-state index is -5.04. The van der Waals surface area contributed by atoms with E-state index in [0.717, 1.165) is 0 Å². The number of β-amino-alcohol motifs (C(OH)–C–C–N with tert-alkyl or cyclic N) is 1. The maximum absolute atomic E-state index is 13.3. The monoisotopic (exact) mass is 572 g/mol. The Morgan fingerprint density at radius 2 is 1.54 bits per heavy atom. The van der Waals surface area contributed by atoms with Crippen LogP contribution in [0.3, 0.4) is 0 Å². The quantitative estimate of drug-likeness (QED) is 0.384. The molecule has 39 heavy (non-hydrogen) atoms. The summed E-state index contributed by atoms with van der Waals surface area (Å²) in [5.74, 6) is -1.24. The Balaban J connectivity index is 1.83. The van der Waals surface area contributed by atoms with Crippen LogP contribution in [0.4, 0.5) is 39.5 Å². The summed E-state index contributed by atoms with van der Waals surface area (Å²) in [5, 5.41) is 15.2. The molecule has 2 aromatic carbocycles. The molecule has 3 atom stereocenters. The number of carbonyl (C=O) groups excluding carboxylic acids is 1. The van der Waals surface area contributed by atoms with E-state index in [4.69, 9.17) is 4.74 Å². The first-order valence-corrected chi connectivity index (χ1v) is 11.6. The standard InChI is InChI=1S/C25H25F9N2O3/c1-15(16-9-18(24(29,30)31)11-19(10-16)25(32,33)34)39-14-21(17-5-3-2-4-6-17)7-8-22(38,12-36-21)20(37)35-13-23(26,27)28/h2-6,9-11,15,36,38H,7-8,12-14H2,1H3,(H,35,37)/t15-,21-,22?/m1/s1. The largest absolute Gasteiger partial charge is 0.416 e. The Morgan fingerprint density at radius 3 is 2.00 bits per heavy atom. The van der Waals surface area contributed by atoms with Gasteiger partial charge >= 0.3 is 18.5 Å². The lowest BCUT2D eigenvalue weighted by Crippen LogP contribution is -2.63. The summed E-state index contributed by atoms with van der Waals surface area (Å²) in [4.78, 5) is 12.3. The highest BCUT2D eigenvalue weighted by atomic mass is 19.4. The topological polar surface area (TPSA) is 70.6 Å². The molecule has 0 radical (unpaired) electrons. The van der Waals surface area contributed by atoms with E-state index in [1.165, 1.54) is 6.92 Å². The average molecular weight is 572 g/mol. The van der Waals surface area contributed by atoms with Crippen molar-refractivity contribution in [3.8, 4) is 0 Å². The van der Waals surface area contributed by atoms with E-state index >= 15 is 0 Å². The SMILES string of the molecule is C[C@@H](OC[C@@]1(c2ccccc2)CCC(O)(C(=O)NCC(F)(F)F)CN1)c1cc(C(F)(F)F)cc(C(F)(F)F)c1. The fourth-order valence-corrected chi connectivity index (χ4v) is 4.24. The Kier molecular flexibility index (Phi) is 8.63. The first kappa shape index (κ1) is 30.7. The number of alkyl halides is 9. The van der Waals surface area contributed by atoms with E-state index in [1.807, 2.05) is 0 Å². The number of hydrogen-bond acceptors (Lipinski definition) is 4. The zero-order valence-corrected chi connectivity index (χ0v) is 20.4. The number of aliphatic hydroxyl groups is 1. The molecular formula is C25H25F9N2O3. The van der Waals surface area contributed by atoms with Crippen molar-refractivity contribution in [2.24, 2.45) is 0 Å². The minimum Gasteiger partial charge on any atom is -0.379 e. The summed E-state index contributed by atoms with van der Waals surface area (Å²) in [6.07, 6.45) is -16.4. The Labute approximate surface area is 217 Å². The molecule has 1 aliphatic rings. The van der Waals surface area contributed by atoms with Gasteiger partial charge in [-0.25, -0.2) is 0 Å². The van der Waals surface area contributed by atoms with Gasteiger partial charge in [0.25, 0.3) is 5.91 Å². The van der Waals surface area contributed by atoms with Crippen LogP contribution in [0.15, 0.2) is 48.5 Å². The number of ether oxygens (including phenoxy) is 1. The molecule has 14 heteroatoms. The van der Waals surface area contributed by atoms with E-state index in [2.05, 4.69) is 5.32 Å². The summed E-state index contributed by atoms with van der Waals surface area (Å²) >= 11 is 0. The number of hydrogen-bond donors (Lipinski definition) is 3. The summed E-state index contributed by atoms with van der Waals surface area (Å²) < 4.78 is 123. The fraction of sp³-hybridized carbons (Fsp3) is 0.480. The first-order valence-electron chi connectivity index (χ1n) is 11.6. The van der Waals surface area contributed by atoms with Crippen LogP contribution in [-0.2, 0) is 27.4 Å². The second kappa shape index (κ2) is 11.0. The van der Waals surface area contributed by atoms with Crippen LogP contribution < -0.4 is 10.6 Å². The zero-order valence-electron chi connectivity index (χ0n) is 20.4. The highest BCUT2D eigenvalue weighted by Gasteiger charge is 2.47. The summed E-state index contributed by atoms with van der Waals surface area (Å²) in [5.41, 5.74) is -6.16. The Bertz CT molecular complexity index is 1110. The molecule has 0 saturated carbocycles. The van der Waals surface area contributed by atoms with E-state index < -0.39 is 65.9 Å². The van der Waals surface area contributed by atoms with Crippen LogP contribution in [0.2, 0.25) is 0 Å². The molecule has 3 rings (SSSR count). The number of piperidine rings is 1. The molecule has 0 bridgehead atoms. The number of benzene rings is 2. The number of halogens is 9. The molecule has 1 amide bonds. The van der Waals surface area contributed by atoms with Gasteiger partial charge in [0.15, 0.2) is 5.60 Å². The van der Waals surface area contributed by atoms with Gasteiger partial charge in [-0.2, -0.15) is 39.5 Å². The number of rotatable bonds is 7. The molecule has 2 aromatic rings. The molecular weight excluding hydrogens is 547 g/mol. The molecule has 1 fully saturated rings. The van der Waals surface area contributed by atoms with Crippen molar-refractivity contribution in [3.05, 3.63) is 70.8 Å². The normalized spacial score (nSPS) is 23.4. The van der Waals surface area contributed by atoms with Crippen LogP contribution in [0.25, 0.3) is 0 Å². The van der Waals surface area contributed by atoms with Crippen LogP contribution in [0.1, 0.15) is 48.1 Å². The highest BCUT2D eigenvalue weighted by Crippen LogP contribution is 2.39. The molecule has 1 aliphatic heterocycles. The van der Waals surface area contributed by atoms with Gasteiger partial charge in [-0.1, -0.05) is 30.3 Å². The van der Waals surface area contributed by atoms with Crippen LogP contribution in [0, 0.1) is 0 Å². The van der Waals surface area contributed by atoms with E-state index in [0.29, 0.717) is 17.7 Å². The lowest BCUT2D eigenvalue weighted by molar-refractivity contribution is -0.154. The summed E-state index contributed by atoms with van der Waals surface area (Å²) in [7, 11) is 0. The van der Waals surface area contributed by atoms with Crippen molar-refractivity contribution in [1.29, 1.82) is 0 Å². The second-order valence-corrected chi connectivity index (χ2v) is 9.42. The van der Waals surface area contributed by atoms with Gasteiger partial charge in [-0.15, -0.1) is 0 Å². The lowest BCUT2D eigenvalue weighted by atomic mass is 9.77. The van der Waals surface area contributed by atoms with Gasteiger partial charge in [0.1, 0.15) is 6.54 Å². The van der Waals surface area contributed by atoms with Crippen molar-refractivity contribution in [1.82, 2.24) is 10.6 Å². The van der Waals surface area contributed by atoms with E-state index in [-0.39, 0.29) is 31.1 Å².